The average molecular weight is 562 g/mol. The number of halogens is 2. The third-order valence-corrected chi connectivity index (χ3v) is 9.65. The van der Waals surface area contributed by atoms with Gasteiger partial charge in [-0.1, -0.05) is 65.7 Å². The number of aryl methyl sites for hydroxylation is 1. The van der Waals surface area contributed by atoms with Crippen molar-refractivity contribution < 1.29 is 13.2 Å². The Morgan fingerprint density at radius 2 is 1.92 bits per heavy atom. The van der Waals surface area contributed by atoms with Gasteiger partial charge in [0.2, 0.25) is 0 Å². The zero-order chi connectivity index (χ0) is 25.3. The van der Waals surface area contributed by atoms with Crippen LogP contribution in [0.4, 0.5) is 4.79 Å². The number of nitrogens with zero attached hydrogens (tertiary/aromatic N) is 2. The van der Waals surface area contributed by atoms with Crippen molar-refractivity contribution in [3.63, 3.8) is 0 Å². The van der Waals surface area contributed by atoms with Crippen LogP contribution in [0.25, 0.3) is 16.3 Å². The van der Waals surface area contributed by atoms with E-state index in [2.05, 4.69) is 40.7 Å². The summed E-state index contributed by atoms with van der Waals surface area (Å²) in [6.45, 7) is 0.804. The topological polar surface area (TPSA) is 93.1 Å². The van der Waals surface area contributed by atoms with Gasteiger partial charge in [-0.2, -0.15) is 5.10 Å². The van der Waals surface area contributed by atoms with E-state index in [0.717, 1.165) is 47.4 Å². The average Bonchev–Trinajstić information content (AvgIpc) is 3.42. The molecule has 1 aliphatic rings. The lowest BCUT2D eigenvalue weighted by molar-refractivity contribution is 0.247. The zero-order valence-corrected chi connectivity index (χ0v) is 22.1. The first-order chi connectivity index (χ1) is 17.3. The van der Waals surface area contributed by atoms with Crippen molar-refractivity contribution in [3.05, 3.63) is 87.0 Å². The van der Waals surface area contributed by atoms with E-state index in [-0.39, 0.29) is 20.1 Å². The van der Waals surface area contributed by atoms with Crippen molar-refractivity contribution in [3.8, 4) is 0 Å². The monoisotopic (exact) mass is 560 g/mol. The van der Waals surface area contributed by atoms with Gasteiger partial charge in [0, 0.05) is 6.54 Å². The van der Waals surface area contributed by atoms with Crippen LogP contribution in [0, 0.1) is 0 Å². The molecule has 0 radical (unpaired) electrons. The smallest absolute Gasteiger partial charge is 0.328 e. The standard InChI is InChI=1S/C25H22Cl2N4O3S2/c26-21-13-22(35-24(21)27)36(33,34)30-25(32)28-11-10-18-6-3-7-20-14-29-31(23(18)20)15-16-8-9-17-4-1-2-5-19(17)12-16/h1-2,4-5,8-10,12-14H,3,6-7,11,15H2,(H2,28,30,32). The molecule has 0 atom stereocenters. The maximum Gasteiger partial charge on any atom is 0.328 e. The molecule has 2 N–H and O–H groups in total. The van der Waals surface area contributed by atoms with Crippen LogP contribution in [-0.4, -0.2) is 30.8 Å². The van der Waals surface area contributed by atoms with Gasteiger partial charge >= 0.3 is 6.03 Å². The lowest BCUT2D eigenvalue weighted by Gasteiger charge is -2.18. The second-order valence-corrected chi connectivity index (χ2v) is 12.4. The third-order valence-electron chi connectivity index (χ3n) is 5.98. The van der Waals surface area contributed by atoms with Gasteiger partial charge in [-0.05, 0) is 58.9 Å². The molecule has 0 bridgehead atoms. The minimum atomic E-state index is -4.06. The van der Waals surface area contributed by atoms with E-state index in [0.29, 0.717) is 6.54 Å². The van der Waals surface area contributed by atoms with E-state index in [1.165, 1.54) is 22.4 Å². The Morgan fingerprint density at radius 1 is 1.11 bits per heavy atom. The van der Waals surface area contributed by atoms with Gasteiger partial charge in [-0.3, -0.25) is 4.68 Å². The molecule has 2 heterocycles. The zero-order valence-electron chi connectivity index (χ0n) is 19.0. The first kappa shape index (κ1) is 24.8. The Labute approximate surface area is 222 Å². The molecule has 0 fully saturated rings. The van der Waals surface area contributed by atoms with Crippen LogP contribution in [0.3, 0.4) is 0 Å². The van der Waals surface area contributed by atoms with Crippen molar-refractivity contribution in [1.82, 2.24) is 19.8 Å². The molecule has 0 spiro atoms. The van der Waals surface area contributed by atoms with Crippen LogP contribution in [0.15, 0.2) is 65.0 Å². The predicted molar refractivity (Wildman–Crippen MR) is 144 cm³/mol. The highest BCUT2D eigenvalue weighted by atomic mass is 35.5. The maximum atomic E-state index is 12.4. The molecule has 1 aliphatic carbocycles. The summed E-state index contributed by atoms with van der Waals surface area (Å²) >= 11 is 12.5. The van der Waals surface area contributed by atoms with Gasteiger partial charge in [0.15, 0.2) is 0 Å². The minimum Gasteiger partial charge on any atom is -0.334 e. The largest absolute Gasteiger partial charge is 0.334 e. The van der Waals surface area contributed by atoms with Gasteiger partial charge in [0.1, 0.15) is 8.55 Å². The van der Waals surface area contributed by atoms with E-state index in [1.807, 2.05) is 33.8 Å². The van der Waals surface area contributed by atoms with Crippen molar-refractivity contribution in [2.45, 2.75) is 30.0 Å². The summed E-state index contributed by atoms with van der Waals surface area (Å²) in [5.74, 6) is 0. The molecule has 0 saturated heterocycles. The highest BCUT2D eigenvalue weighted by Gasteiger charge is 2.22. The van der Waals surface area contributed by atoms with Crippen LogP contribution in [-0.2, 0) is 23.0 Å². The van der Waals surface area contributed by atoms with Gasteiger partial charge < -0.3 is 5.32 Å². The van der Waals surface area contributed by atoms with Gasteiger partial charge in [0.05, 0.1) is 23.5 Å². The van der Waals surface area contributed by atoms with Crippen molar-refractivity contribution >= 4 is 66.9 Å². The highest BCUT2D eigenvalue weighted by Crippen LogP contribution is 2.34. The second-order valence-electron chi connectivity index (χ2n) is 8.44. The number of fused-ring (bicyclic) bond motifs is 2. The number of nitrogens with one attached hydrogen (secondary N) is 2. The molecular formula is C25H22Cl2N4O3S2. The Kier molecular flexibility index (Phi) is 7.07. The van der Waals surface area contributed by atoms with E-state index in [4.69, 9.17) is 23.2 Å². The van der Waals surface area contributed by atoms with Crippen molar-refractivity contribution in [2.75, 3.05) is 6.54 Å². The van der Waals surface area contributed by atoms with Crippen LogP contribution in [0.5, 0.6) is 0 Å². The molecule has 5 rings (SSSR count). The number of carbonyl (C=O) groups excluding carboxylic acids is 1. The molecular weight excluding hydrogens is 539 g/mol. The van der Waals surface area contributed by atoms with E-state index in [9.17, 15) is 13.2 Å². The lowest BCUT2D eigenvalue weighted by Crippen LogP contribution is -2.39. The highest BCUT2D eigenvalue weighted by molar-refractivity contribution is 7.92. The number of hydrogen-bond acceptors (Lipinski definition) is 5. The third kappa shape index (κ3) is 5.29. The van der Waals surface area contributed by atoms with Gasteiger partial charge in [-0.15, -0.1) is 11.3 Å². The number of thiophene rings is 1. The predicted octanol–water partition coefficient (Wildman–Crippen LogP) is 5.86. The van der Waals surface area contributed by atoms with Gasteiger partial charge in [-0.25, -0.2) is 17.9 Å². The molecule has 2 amide bonds. The number of hydrogen-bond donors (Lipinski definition) is 2. The Balaban J connectivity index is 1.28. The summed E-state index contributed by atoms with van der Waals surface area (Å²) in [5, 5.41) is 9.73. The maximum absolute atomic E-state index is 12.4. The number of rotatable bonds is 6. The number of urea groups is 1. The van der Waals surface area contributed by atoms with Crippen LogP contribution in [0.2, 0.25) is 9.36 Å². The fraction of sp³-hybridized carbons (Fsp3) is 0.200. The molecule has 7 nitrogen and oxygen atoms in total. The summed E-state index contributed by atoms with van der Waals surface area (Å²) in [7, 11) is -4.06. The molecule has 2 aromatic carbocycles. The number of sulfonamides is 1. The summed E-state index contributed by atoms with van der Waals surface area (Å²) in [6, 6.07) is 15.0. The summed E-state index contributed by atoms with van der Waals surface area (Å²) < 4.78 is 28.8. The molecule has 0 unspecified atom stereocenters. The van der Waals surface area contributed by atoms with Crippen molar-refractivity contribution in [2.24, 2.45) is 0 Å². The van der Waals surface area contributed by atoms with E-state index in [1.54, 1.807) is 0 Å². The SMILES string of the molecule is O=C(NCC=C1CCCc2cnn(Cc3ccc4ccccc4c3)c21)NS(=O)(=O)c1cc(Cl)c(Cl)s1. The minimum absolute atomic E-state index is 0.125. The molecule has 0 aliphatic heterocycles. The quantitative estimate of drug-likeness (QED) is 0.309. The first-order valence-electron chi connectivity index (χ1n) is 11.3. The molecule has 36 heavy (non-hydrogen) atoms. The fourth-order valence-electron chi connectivity index (χ4n) is 4.33. The van der Waals surface area contributed by atoms with Crippen LogP contribution in [0.1, 0.15) is 29.7 Å². The number of allylic oxidation sites excluding steroid dienone is 1. The first-order valence-corrected chi connectivity index (χ1v) is 14.3. The second kappa shape index (κ2) is 10.3. The number of benzene rings is 2. The van der Waals surface area contributed by atoms with Gasteiger partial charge in [0.25, 0.3) is 10.0 Å². The summed E-state index contributed by atoms with van der Waals surface area (Å²) in [5.41, 5.74) is 4.47. The molecule has 0 saturated carbocycles. The van der Waals surface area contributed by atoms with E-state index >= 15 is 0 Å². The van der Waals surface area contributed by atoms with E-state index < -0.39 is 16.1 Å². The number of aromatic nitrogens is 2. The molecule has 4 aromatic rings. The summed E-state index contributed by atoms with van der Waals surface area (Å²) in [4.78, 5) is 12.3. The Bertz CT molecular complexity index is 1570. The molecule has 2 aromatic heterocycles. The van der Waals surface area contributed by atoms with Crippen LogP contribution < -0.4 is 10.0 Å². The molecule has 11 heteroatoms. The lowest BCUT2D eigenvalue weighted by atomic mass is 9.92. The fourth-order valence-corrected chi connectivity index (χ4v) is 7.14. The van der Waals surface area contributed by atoms with Crippen molar-refractivity contribution in [1.29, 1.82) is 0 Å². The summed E-state index contributed by atoms with van der Waals surface area (Å²) in [6.07, 6.45) is 6.61. The Hall–Kier alpha value is -2.85. The van der Waals surface area contributed by atoms with Crippen LogP contribution >= 0.6 is 34.5 Å². The molecule has 186 valence electrons. The number of carbonyl (C=O) groups is 1. The normalized spacial score (nSPS) is 14.7. The number of amides is 2. The Morgan fingerprint density at radius 3 is 2.69 bits per heavy atom.